The molecule has 4 nitrogen and oxygen atoms in total. The summed E-state index contributed by atoms with van der Waals surface area (Å²) in [4.78, 5) is 10.6. The quantitative estimate of drug-likeness (QED) is 0.589. The van der Waals surface area contributed by atoms with E-state index < -0.39 is 22.0 Å². The second-order valence-electron chi connectivity index (χ2n) is 2.33. The van der Waals surface area contributed by atoms with Crippen molar-refractivity contribution in [2.75, 3.05) is 7.11 Å². The molecule has 78 valence electrons. The largest absolute Gasteiger partial charge is 0.453 e. The van der Waals surface area contributed by atoms with Crippen LogP contribution in [0.3, 0.4) is 0 Å². The highest BCUT2D eigenvalue weighted by Gasteiger charge is 2.39. The van der Waals surface area contributed by atoms with Crippen LogP contribution in [0, 0.1) is 0 Å². The van der Waals surface area contributed by atoms with E-state index in [0.717, 1.165) is 7.11 Å². The number of carbonyl (C=O) groups is 1. The fraction of sp³-hybridized carbons (Fsp3) is 0.833. The van der Waals surface area contributed by atoms with Crippen molar-refractivity contribution < 1.29 is 14.6 Å². The van der Waals surface area contributed by atoms with Gasteiger partial charge in [0.25, 0.3) is 0 Å². The number of alkyl halides is 3. The summed E-state index contributed by atoms with van der Waals surface area (Å²) >= 11 is 16.8. The number of methoxy groups -OCH3 is 1. The Hall–Kier alpha value is 0.1000. The van der Waals surface area contributed by atoms with E-state index in [9.17, 15) is 9.90 Å². The van der Waals surface area contributed by atoms with Crippen molar-refractivity contribution in [1.29, 1.82) is 0 Å². The van der Waals surface area contributed by atoms with Crippen molar-refractivity contribution in [2.45, 2.75) is 22.9 Å². The molecule has 0 heterocycles. The lowest BCUT2D eigenvalue weighted by Crippen LogP contribution is -2.50. The van der Waals surface area contributed by atoms with Crippen LogP contribution in [0.2, 0.25) is 0 Å². The van der Waals surface area contributed by atoms with E-state index in [1.54, 1.807) is 0 Å². The molecule has 0 aromatic heterocycles. The van der Waals surface area contributed by atoms with E-state index >= 15 is 0 Å². The zero-order valence-electron chi connectivity index (χ0n) is 7.05. The SMILES string of the molecule is COC(=O)N[C@@H](O)C(Cl)(Cl)[C@H](C)Cl. The van der Waals surface area contributed by atoms with Crippen LogP contribution < -0.4 is 5.32 Å². The Morgan fingerprint density at radius 1 is 1.62 bits per heavy atom. The molecule has 1 amide bonds. The number of hydrogen-bond acceptors (Lipinski definition) is 3. The number of rotatable bonds is 3. The van der Waals surface area contributed by atoms with E-state index in [0.29, 0.717) is 0 Å². The normalized spacial score (nSPS) is 16.2. The van der Waals surface area contributed by atoms with Gasteiger partial charge in [-0.2, -0.15) is 0 Å². The second-order valence-corrected chi connectivity index (χ2v) is 4.43. The molecule has 0 fully saturated rings. The highest BCUT2D eigenvalue weighted by Crippen LogP contribution is 2.31. The molecule has 0 aromatic rings. The van der Waals surface area contributed by atoms with Crippen LogP contribution in [0.1, 0.15) is 6.92 Å². The highest BCUT2D eigenvalue weighted by molar-refractivity contribution is 6.52. The standard InChI is InChI=1S/C6H10Cl3NO3/c1-3(7)6(8,9)4(11)10-5(12)13-2/h3-4,11H,1-2H3,(H,10,12)/t3-,4-/m0/s1. The van der Waals surface area contributed by atoms with Crippen LogP contribution >= 0.6 is 34.8 Å². The summed E-state index contributed by atoms with van der Waals surface area (Å²) in [5.74, 6) is 0. The average Bonchev–Trinajstić information content (AvgIpc) is 2.03. The zero-order chi connectivity index (χ0) is 10.6. The van der Waals surface area contributed by atoms with Gasteiger partial charge in [0.05, 0.1) is 12.5 Å². The van der Waals surface area contributed by atoms with Crippen molar-refractivity contribution in [3.8, 4) is 0 Å². The lowest BCUT2D eigenvalue weighted by Gasteiger charge is -2.27. The van der Waals surface area contributed by atoms with Gasteiger partial charge in [0.2, 0.25) is 0 Å². The van der Waals surface area contributed by atoms with Crippen LogP contribution in [0.4, 0.5) is 4.79 Å². The van der Waals surface area contributed by atoms with Crippen molar-refractivity contribution in [3.05, 3.63) is 0 Å². The molecule has 13 heavy (non-hydrogen) atoms. The minimum Gasteiger partial charge on any atom is -0.453 e. The molecule has 0 saturated carbocycles. The summed E-state index contributed by atoms with van der Waals surface area (Å²) in [6.07, 6.45) is -2.33. The van der Waals surface area contributed by atoms with Crippen molar-refractivity contribution >= 4 is 40.9 Å². The molecular formula is C6H10Cl3NO3. The predicted octanol–water partition coefficient (Wildman–Crippen LogP) is 1.46. The molecule has 2 N–H and O–H groups in total. The zero-order valence-corrected chi connectivity index (χ0v) is 9.32. The Balaban J connectivity index is 4.24. The molecule has 0 radical (unpaired) electrons. The molecule has 0 bridgehead atoms. The third-order valence-electron chi connectivity index (χ3n) is 1.33. The smallest absolute Gasteiger partial charge is 0.408 e. The van der Waals surface area contributed by atoms with Crippen LogP contribution in [-0.2, 0) is 4.74 Å². The number of hydrogen-bond donors (Lipinski definition) is 2. The topological polar surface area (TPSA) is 58.6 Å². The maximum Gasteiger partial charge on any atom is 0.408 e. The van der Waals surface area contributed by atoms with Crippen molar-refractivity contribution in [2.24, 2.45) is 0 Å². The Kier molecular flexibility index (Phi) is 5.14. The highest BCUT2D eigenvalue weighted by atomic mass is 35.5. The molecule has 0 aromatic carbocycles. The molecule has 0 unspecified atom stereocenters. The fourth-order valence-electron chi connectivity index (χ4n) is 0.484. The van der Waals surface area contributed by atoms with Gasteiger partial charge >= 0.3 is 6.09 Å². The van der Waals surface area contributed by atoms with Crippen LogP contribution in [0.5, 0.6) is 0 Å². The predicted molar refractivity (Wildman–Crippen MR) is 51.3 cm³/mol. The number of carbonyl (C=O) groups excluding carboxylic acids is 1. The first-order chi connectivity index (χ1) is 5.82. The molecule has 7 heteroatoms. The van der Waals surface area contributed by atoms with Gasteiger partial charge in [-0.05, 0) is 6.92 Å². The molecule has 0 aliphatic heterocycles. The molecule has 0 aliphatic rings. The van der Waals surface area contributed by atoms with Gasteiger partial charge in [-0.25, -0.2) is 4.79 Å². The van der Waals surface area contributed by atoms with Crippen LogP contribution in [-0.4, -0.2) is 34.2 Å². The molecule has 0 saturated heterocycles. The van der Waals surface area contributed by atoms with E-state index in [2.05, 4.69) is 4.74 Å². The summed E-state index contributed by atoms with van der Waals surface area (Å²) in [5, 5.41) is 10.6. The summed E-state index contributed by atoms with van der Waals surface area (Å²) in [5.41, 5.74) is 0. The number of nitrogens with one attached hydrogen (secondary N) is 1. The van der Waals surface area contributed by atoms with Gasteiger partial charge in [0, 0.05) is 0 Å². The number of ether oxygens (including phenoxy) is 1. The van der Waals surface area contributed by atoms with Gasteiger partial charge in [0.15, 0.2) is 10.6 Å². The van der Waals surface area contributed by atoms with Crippen molar-refractivity contribution in [1.82, 2.24) is 5.32 Å². The lowest BCUT2D eigenvalue weighted by molar-refractivity contribution is 0.0994. The van der Waals surface area contributed by atoms with Gasteiger partial charge in [-0.3, -0.25) is 5.32 Å². The first-order valence-corrected chi connectivity index (χ1v) is 4.56. The molecule has 0 rings (SSSR count). The minimum absolute atomic E-state index is 0.733. The molecular weight excluding hydrogens is 240 g/mol. The Morgan fingerprint density at radius 3 is 2.38 bits per heavy atom. The Labute approximate surface area is 91.1 Å². The number of aliphatic hydroxyl groups is 1. The number of amides is 1. The number of aliphatic hydroxyl groups excluding tert-OH is 1. The fourth-order valence-corrected chi connectivity index (χ4v) is 0.713. The van der Waals surface area contributed by atoms with Gasteiger partial charge in [-0.15, -0.1) is 11.6 Å². The third kappa shape index (κ3) is 3.77. The number of halogens is 3. The summed E-state index contributed by atoms with van der Waals surface area (Å²) in [6.45, 7) is 1.49. The van der Waals surface area contributed by atoms with Gasteiger partial charge < -0.3 is 9.84 Å². The maximum atomic E-state index is 10.6. The van der Waals surface area contributed by atoms with Gasteiger partial charge in [-0.1, -0.05) is 23.2 Å². The minimum atomic E-state index is -1.66. The van der Waals surface area contributed by atoms with Crippen LogP contribution in [0.25, 0.3) is 0 Å². The first kappa shape index (κ1) is 13.1. The number of alkyl carbamates (subject to hydrolysis) is 1. The lowest BCUT2D eigenvalue weighted by atomic mass is 10.3. The molecule has 0 spiro atoms. The van der Waals surface area contributed by atoms with Gasteiger partial charge in [0.1, 0.15) is 0 Å². The first-order valence-electron chi connectivity index (χ1n) is 3.36. The van der Waals surface area contributed by atoms with E-state index in [1.165, 1.54) is 6.92 Å². The van der Waals surface area contributed by atoms with E-state index in [-0.39, 0.29) is 0 Å². The maximum absolute atomic E-state index is 10.6. The summed E-state index contributed by atoms with van der Waals surface area (Å²) in [6, 6.07) is 0. The molecule has 2 atom stereocenters. The summed E-state index contributed by atoms with van der Waals surface area (Å²) < 4.78 is 2.57. The Bertz CT molecular complexity index is 186. The van der Waals surface area contributed by atoms with E-state index in [4.69, 9.17) is 34.8 Å². The Morgan fingerprint density at radius 2 is 2.08 bits per heavy atom. The van der Waals surface area contributed by atoms with E-state index in [1.807, 2.05) is 5.32 Å². The van der Waals surface area contributed by atoms with Crippen LogP contribution in [0.15, 0.2) is 0 Å². The summed E-state index contributed by atoms with van der Waals surface area (Å²) in [7, 11) is 1.15. The second kappa shape index (κ2) is 5.10. The van der Waals surface area contributed by atoms with Crippen molar-refractivity contribution in [3.63, 3.8) is 0 Å². The monoisotopic (exact) mass is 249 g/mol. The molecule has 0 aliphatic carbocycles. The average molecular weight is 251 g/mol. The third-order valence-corrected chi connectivity index (χ3v) is 2.97.